The fourth-order valence-electron chi connectivity index (χ4n) is 2.22. The summed E-state index contributed by atoms with van der Waals surface area (Å²) in [7, 11) is 0. The fraction of sp³-hybridized carbons (Fsp3) is 0.533. The number of benzene rings is 1. The van der Waals surface area contributed by atoms with Crippen LogP contribution in [0.2, 0.25) is 0 Å². The van der Waals surface area contributed by atoms with E-state index in [2.05, 4.69) is 0 Å². The zero-order chi connectivity index (χ0) is 15.5. The van der Waals surface area contributed by atoms with Crippen LogP contribution in [0.15, 0.2) is 24.3 Å². The third-order valence-electron chi connectivity index (χ3n) is 3.35. The molecule has 0 aromatic heterocycles. The van der Waals surface area contributed by atoms with Crippen LogP contribution >= 0.6 is 0 Å². The number of nitrogens with zero attached hydrogens (tertiary/aromatic N) is 1. The molecule has 0 saturated heterocycles. The summed E-state index contributed by atoms with van der Waals surface area (Å²) in [6.07, 6.45) is -2.58. The van der Waals surface area contributed by atoms with Gasteiger partial charge in [0, 0.05) is 12.6 Å². The zero-order valence-corrected chi connectivity index (χ0v) is 11.8. The number of ether oxygens (including phenoxy) is 1. The quantitative estimate of drug-likeness (QED) is 0.724. The van der Waals surface area contributed by atoms with Gasteiger partial charge in [-0.05, 0) is 31.9 Å². The maximum atomic E-state index is 12.5. The summed E-state index contributed by atoms with van der Waals surface area (Å²) >= 11 is 0. The van der Waals surface area contributed by atoms with E-state index >= 15 is 0 Å². The van der Waals surface area contributed by atoms with Crippen LogP contribution in [0.3, 0.4) is 0 Å². The van der Waals surface area contributed by atoms with E-state index in [0.717, 1.165) is 12.8 Å². The molecule has 0 spiro atoms. The highest BCUT2D eigenvalue weighted by Crippen LogP contribution is 2.30. The molecule has 0 radical (unpaired) electrons. The summed E-state index contributed by atoms with van der Waals surface area (Å²) in [6.45, 7) is 0.866. The molecule has 0 bridgehead atoms. The molecular weight excluding hydrogens is 283 g/mol. The molecule has 1 fully saturated rings. The molecule has 1 aromatic carbocycles. The van der Waals surface area contributed by atoms with Gasteiger partial charge in [-0.15, -0.1) is 0 Å². The van der Waals surface area contributed by atoms with E-state index in [1.165, 1.54) is 11.8 Å². The Balaban J connectivity index is 1.89. The largest absolute Gasteiger partial charge is 0.491 e. The minimum absolute atomic E-state index is 0.0123. The Morgan fingerprint density at radius 1 is 1.33 bits per heavy atom. The molecule has 1 aliphatic rings. The molecule has 0 N–H and O–H groups in total. The van der Waals surface area contributed by atoms with Gasteiger partial charge in [0.2, 0.25) is 0 Å². The highest BCUT2D eigenvalue weighted by atomic mass is 19.4. The van der Waals surface area contributed by atoms with Crippen molar-refractivity contribution in [1.29, 1.82) is 0 Å². The van der Waals surface area contributed by atoms with Crippen molar-refractivity contribution in [3.63, 3.8) is 0 Å². The van der Waals surface area contributed by atoms with Crippen molar-refractivity contribution in [1.82, 2.24) is 4.90 Å². The van der Waals surface area contributed by atoms with Crippen LogP contribution in [0.1, 0.15) is 30.1 Å². The van der Waals surface area contributed by atoms with Crippen molar-refractivity contribution in [2.24, 2.45) is 0 Å². The average Bonchev–Trinajstić information content (AvgIpc) is 3.20. The van der Waals surface area contributed by atoms with E-state index < -0.39 is 12.7 Å². The molecule has 116 valence electrons. The van der Waals surface area contributed by atoms with Crippen LogP contribution in [-0.2, 0) is 0 Å². The summed E-state index contributed by atoms with van der Waals surface area (Å²) in [5, 5.41) is 0. The van der Waals surface area contributed by atoms with Crippen LogP contribution < -0.4 is 4.74 Å². The fourth-order valence-corrected chi connectivity index (χ4v) is 2.22. The van der Waals surface area contributed by atoms with Crippen molar-refractivity contribution in [2.75, 3.05) is 19.7 Å². The second kappa shape index (κ2) is 6.47. The van der Waals surface area contributed by atoms with E-state index in [0.29, 0.717) is 11.3 Å². The first-order valence-corrected chi connectivity index (χ1v) is 6.90. The summed E-state index contributed by atoms with van der Waals surface area (Å²) in [6, 6.07) is 6.77. The van der Waals surface area contributed by atoms with Crippen LogP contribution in [0, 0.1) is 0 Å². The van der Waals surface area contributed by atoms with E-state index in [4.69, 9.17) is 4.74 Å². The summed E-state index contributed by atoms with van der Waals surface area (Å²) in [5.41, 5.74) is 0.450. The van der Waals surface area contributed by atoms with Crippen LogP contribution in [-0.4, -0.2) is 42.6 Å². The molecule has 1 aromatic rings. The first-order chi connectivity index (χ1) is 9.87. The molecule has 0 heterocycles. The van der Waals surface area contributed by atoms with Crippen molar-refractivity contribution in [3.05, 3.63) is 29.8 Å². The molecule has 0 amide bonds. The Labute approximate surface area is 121 Å². The molecule has 1 aliphatic carbocycles. The molecule has 1 saturated carbocycles. The van der Waals surface area contributed by atoms with Gasteiger partial charge in [-0.25, -0.2) is 0 Å². The third kappa shape index (κ3) is 5.04. The van der Waals surface area contributed by atoms with Gasteiger partial charge in [-0.3, -0.25) is 9.69 Å². The number of para-hydroxylation sites is 1. The maximum Gasteiger partial charge on any atom is 0.401 e. The van der Waals surface area contributed by atoms with Gasteiger partial charge >= 0.3 is 6.18 Å². The monoisotopic (exact) mass is 301 g/mol. The molecule has 6 heteroatoms. The highest BCUT2D eigenvalue weighted by molar-refractivity contribution is 5.96. The van der Waals surface area contributed by atoms with Crippen molar-refractivity contribution in [2.45, 2.75) is 32.0 Å². The molecule has 2 rings (SSSR count). The predicted molar refractivity (Wildman–Crippen MR) is 72.6 cm³/mol. The lowest BCUT2D eigenvalue weighted by atomic mass is 10.1. The van der Waals surface area contributed by atoms with Gasteiger partial charge < -0.3 is 4.74 Å². The Kier molecular flexibility index (Phi) is 4.88. The minimum atomic E-state index is -4.19. The van der Waals surface area contributed by atoms with E-state index in [1.54, 1.807) is 24.3 Å². The van der Waals surface area contributed by atoms with Gasteiger partial charge in [0.1, 0.15) is 12.4 Å². The molecular formula is C15H18F3NO2. The lowest BCUT2D eigenvalue weighted by molar-refractivity contribution is -0.147. The number of halogens is 3. The normalized spacial score (nSPS) is 15.3. The Morgan fingerprint density at radius 2 is 2.00 bits per heavy atom. The zero-order valence-electron chi connectivity index (χ0n) is 11.8. The number of carbonyl (C=O) groups is 1. The summed E-state index contributed by atoms with van der Waals surface area (Å²) in [5.74, 6) is 0.299. The number of ketones is 1. The second-order valence-electron chi connectivity index (χ2n) is 5.22. The second-order valence-corrected chi connectivity index (χ2v) is 5.22. The molecule has 0 unspecified atom stereocenters. The Hall–Kier alpha value is -1.56. The van der Waals surface area contributed by atoms with Gasteiger partial charge in [0.25, 0.3) is 0 Å². The van der Waals surface area contributed by atoms with Crippen LogP contribution in [0.5, 0.6) is 5.75 Å². The molecule has 3 nitrogen and oxygen atoms in total. The lowest BCUT2D eigenvalue weighted by Crippen LogP contribution is -2.38. The van der Waals surface area contributed by atoms with E-state index in [1.807, 2.05) is 0 Å². The van der Waals surface area contributed by atoms with Crippen LogP contribution in [0.25, 0.3) is 0 Å². The Morgan fingerprint density at radius 3 is 2.57 bits per heavy atom. The molecule has 0 aliphatic heterocycles. The van der Waals surface area contributed by atoms with Gasteiger partial charge in [0.15, 0.2) is 5.78 Å². The first-order valence-electron chi connectivity index (χ1n) is 6.90. The first kappa shape index (κ1) is 15.8. The maximum absolute atomic E-state index is 12.5. The van der Waals surface area contributed by atoms with E-state index in [9.17, 15) is 18.0 Å². The summed E-state index contributed by atoms with van der Waals surface area (Å²) < 4.78 is 43.0. The number of Topliss-reactive ketones (excluding diaryl/α,β-unsaturated/α-hetero) is 1. The number of hydrogen-bond acceptors (Lipinski definition) is 3. The van der Waals surface area contributed by atoms with Crippen LogP contribution in [0.4, 0.5) is 13.2 Å². The Bertz CT molecular complexity index is 498. The SMILES string of the molecule is CC(=O)c1ccccc1OCCN(CC(F)(F)F)C1CC1. The predicted octanol–water partition coefficient (Wildman–Crippen LogP) is 3.29. The standard InChI is InChI=1S/C15H18F3NO2/c1-11(20)13-4-2-3-5-14(13)21-9-8-19(12-6-7-12)10-15(16,17)18/h2-5,12H,6-10H2,1H3. The molecule has 21 heavy (non-hydrogen) atoms. The van der Waals surface area contributed by atoms with Crippen molar-refractivity contribution >= 4 is 5.78 Å². The highest BCUT2D eigenvalue weighted by Gasteiger charge is 2.37. The number of alkyl halides is 3. The van der Waals surface area contributed by atoms with Gasteiger partial charge in [-0.1, -0.05) is 12.1 Å². The van der Waals surface area contributed by atoms with Crippen molar-refractivity contribution in [3.8, 4) is 5.75 Å². The average molecular weight is 301 g/mol. The summed E-state index contributed by atoms with van der Waals surface area (Å²) in [4.78, 5) is 12.8. The van der Waals surface area contributed by atoms with Gasteiger partial charge in [0.05, 0.1) is 12.1 Å². The third-order valence-corrected chi connectivity index (χ3v) is 3.35. The topological polar surface area (TPSA) is 29.5 Å². The number of carbonyl (C=O) groups excluding carboxylic acids is 1. The number of rotatable bonds is 7. The smallest absolute Gasteiger partial charge is 0.401 e. The minimum Gasteiger partial charge on any atom is -0.491 e. The lowest BCUT2D eigenvalue weighted by Gasteiger charge is -2.23. The number of hydrogen-bond donors (Lipinski definition) is 0. The van der Waals surface area contributed by atoms with Crippen molar-refractivity contribution < 1.29 is 22.7 Å². The van der Waals surface area contributed by atoms with Gasteiger partial charge in [-0.2, -0.15) is 13.2 Å². The molecule has 0 atom stereocenters. The van der Waals surface area contributed by atoms with E-state index in [-0.39, 0.29) is 25.0 Å².